The lowest BCUT2D eigenvalue weighted by molar-refractivity contribution is 0.523. The van der Waals surface area contributed by atoms with Gasteiger partial charge in [-0.3, -0.25) is 0 Å². The molecular weight excluding hydrogens is 256 g/mol. The molecule has 21 heavy (non-hydrogen) atoms. The molecule has 0 aliphatic carbocycles. The van der Waals surface area contributed by atoms with Crippen LogP contribution in [0.2, 0.25) is 0 Å². The van der Waals surface area contributed by atoms with Gasteiger partial charge in [0, 0.05) is 17.8 Å². The first-order chi connectivity index (χ1) is 10.3. The maximum atomic E-state index is 3.61. The Bertz CT molecular complexity index is 542. The van der Waals surface area contributed by atoms with Gasteiger partial charge in [0.25, 0.3) is 0 Å². The largest absolute Gasteiger partial charge is 0.383 e. The molecule has 0 spiro atoms. The minimum Gasteiger partial charge on any atom is -0.383 e. The van der Waals surface area contributed by atoms with Crippen LogP contribution in [-0.4, -0.2) is 18.6 Å². The quantitative estimate of drug-likeness (QED) is 0.853. The fourth-order valence-electron chi connectivity index (χ4n) is 3.12. The van der Waals surface area contributed by atoms with Gasteiger partial charge in [0.1, 0.15) is 0 Å². The van der Waals surface area contributed by atoms with E-state index in [0.717, 1.165) is 0 Å². The SMILES string of the molecule is CC(CC1CCCN1)Nc1ccc(-c2ccccc2)cc1. The molecule has 110 valence electrons. The lowest BCUT2D eigenvalue weighted by Crippen LogP contribution is -2.29. The monoisotopic (exact) mass is 280 g/mol. The number of hydrogen-bond donors (Lipinski definition) is 2. The topological polar surface area (TPSA) is 24.1 Å². The molecule has 2 heteroatoms. The number of hydrogen-bond acceptors (Lipinski definition) is 2. The fraction of sp³-hybridized carbons (Fsp3) is 0.368. The Kier molecular flexibility index (Phi) is 4.56. The summed E-state index contributed by atoms with van der Waals surface area (Å²) in [6.07, 6.45) is 3.84. The minimum atomic E-state index is 0.503. The first-order valence-electron chi connectivity index (χ1n) is 7.97. The lowest BCUT2D eigenvalue weighted by atomic mass is 10.0. The molecule has 1 heterocycles. The third kappa shape index (κ3) is 3.85. The van der Waals surface area contributed by atoms with E-state index in [4.69, 9.17) is 0 Å². The second-order valence-electron chi connectivity index (χ2n) is 6.02. The summed E-state index contributed by atoms with van der Waals surface area (Å²) in [7, 11) is 0. The van der Waals surface area contributed by atoms with Crippen LogP contribution in [-0.2, 0) is 0 Å². The van der Waals surface area contributed by atoms with Gasteiger partial charge < -0.3 is 10.6 Å². The van der Waals surface area contributed by atoms with E-state index in [2.05, 4.69) is 72.2 Å². The molecule has 2 aromatic carbocycles. The highest BCUT2D eigenvalue weighted by Crippen LogP contribution is 2.22. The molecular formula is C19H24N2. The van der Waals surface area contributed by atoms with Gasteiger partial charge in [-0.15, -0.1) is 0 Å². The Morgan fingerprint density at radius 2 is 1.76 bits per heavy atom. The van der Waals surface area contributed by atoms with Crippen molar-refractivity contribution in [2.75, 3.05) is 11.9 Å². The van der Waals surface area contributed by atoms with E-state index in [1.807, 2.05) is 0 Å². The Labute approximate surface area is 127 Å². The van der Waals surface area contributed by atoms with Gasteiger partial charge in [0.05, 0.1) is 0 Å². The predicted molar refractivity (Wildman–Crippen MR) is 90.6 cm³/mol. The number of rotatable bonds is 5. The summed E-state index contributed by atoms with van der Waals surface area (Å²) < 4.78 is 0. The van der Waals surface area contributed by atoms with Crippen LogP contribution in [0.15, 0.2) is 54.6 Å². The smallest absolute Gasteiger partial charge is 0.0342 e. The third-order valence-corrected chi connectivity index (χ3v) is 4.21. The van der Waals surface area contributed by atoms with Crippen molar-refractivity contribution in [3.8, 4) is 11.1 Å². The maximum absolute atomic E-state index is 3.61. The van der Waals surface area contributed by atoms with Crippen molar-refractivity contribution in [3.05, 3.63) is 54.6 Å². The van der Waals surface area contributed by atoms with E-state index in [1.54, 1.807) is 0 Å². The van der Waals surface area contributed by atoms with E-state index < -0.39 is 0 Å². The second-order valence-corrected chi connectivity index (χ2v) is 6.02. The zero-order chi connectivity index (χ0) is 14.5. The molecule has 0 radical (unpaired) electrons. The third-order valence-electron chi connectivity index (χ3n) is 4.21. The van der Waals surface area contributed by atoms with Gasteiger partial charge in [-0.1, -0.05) is 42.5 Å². The van der Waals surface area contributed by atoms with E-state index in [1.165, 1.54) is 42.6 Å². The van der Waals surface area contributed by atoms with Crippen LogP contribution in [0.5, 0.6) is 0 Å². The average Bonchev–Trinajstić information content (AvgIpc) is 3.02. The van der Waals surface area contributed by atoms with Crippen LogP contribution >= 0.6 is 0 Å². The molecule has 2 atom stereocenters. The molecule has 1 aliphatic rings. The molecule has 3 rings (SSSR count). The molecule has 0 saturated carbocycles. The van der Waals surface area contributed by atoms with Crippen molar-refractivity contribution in [1.82, 2.24) is 5.32 Å². The number of anilines is 1. The summed E-state index contributed by atoms with van der Waals surface area (Å²) in [4.78, 5) is 0. The van der Waals surface area contributed by atoms with Crippen LogP contribution in [0.3, 0.4) is 0 Å². The van der Waals surface area contributed by atoms with Gasteiger partial charge in [-0.2, -0.15) is 0 Å². The van der Waals surface area contributed by atoms with Gasteiger partial charge in [-0.25, -0.2) is 0 Å². The van der Waals surface area contributed by atoms with Crippen molar-refractivity contribution in [2.45, 2.75) is 38.3 Å². The van der Waals surface area contributed by atoms with Crippen molar-refractivity contribution in [2.24, 2.45) is 0 Å². The molecule has 0 amide bonds. The first kappa shape index (κ1) is 14.2. The van der Waals surface area contributed by atoms with Crippen LogP contribution in [0.4, 0.5) is 5.69 Å². The normalized spacial score (nSPS) is 19.4. The summed E-state index contributed by atoms with van der Waals surface area (Å²) in [5, 5.41) is 7.17. The van der Waals surface area contributed by atoms with Crippen LogP contribution in [0, 0.1) is 0 Å². The van der Waals surface area contributed by atoms with Crippen molar-refractivity contribution >= 4 is 5.69 Å². The van der Waals surface area contributed by atoms with E-state index in [0.29, 0.717) is 12.1 Å². The fourth-order valence-corrected chi connectivity index (χ4v) is 3.12. The highest BCUT2D eigenvalue weighted by molar-refractivity contribution is 5.65. The standard InChI is InChI=1S/C19H24N2/c1-15(14-19-8-5-13-20-19)21-18-11-9-17(10-12-18)16-6-3-2-4-7-16/h2-4,6-7,9-12,15,19-21H,5,8,13-14H2,1H3. The zero-order valence-corrected chi connectivity index (χ0v) is 12.7. The molecule has 2 nitrogen and oxygen atoms in total. The second kappa shape index (κ2) is 6.77. The molecule has 1 aliphatic heterocycles. The van der Waals surface area contributed by atoms with E-state index in [-0.39, 0.29) is 0 Å². The van der Waals surface area contributed by atoms with E-state index >= 15 is 0 Å². The summed E-state index contributed by atoms with van der Waals surface area (Å²) in [6, 6.07) is 20.5. The molecule has 0 aromatic heterocycles. The van der Waals surface area contributed by atoms with Gasteiger partial charge in [0.2, 0.25) is 0 Å². The summed E-state index contributed by atoms with van der Waals surface area (Å²) >= 11 is 0. The molecule has 2 N–H and O–H groups in total. The maximum Gasteiger partial charge on any atom is 0.0342 e. The molecule has 2 aromatic rings. The number of nitrogens with one attached hydrogen (secondary N) is 2. The Morgan fingerprint density at radius 1 is 1.05 bits per heavy atom. The number of benzene rings is 2. The molecule has 2 unspecified atom stereocenters. The highest BCUT2D eigenvalue weighted by Gasteiger charge is 2.16. The zero-order valence-electron chi connectivity index (χ0n) is 12.7. The van der Waals surface area contributed by atoms with Gasteiger partial charge >= 0.3 is 0 Å². The molecule has 1 fully saturated rings. The van der Waals surface area contributed by atoms with E-state index in [9.17, 15) is 0 Å². The summed E-state index contributed by atoms with van der Waals surface area (Å²) in [5.74, 6) is 0. The van der Waals surface area contributed by atoms with Crippen molar-refractivity contribution in [3.63, 3.8) is 0 Å². The average molecular weight is 280 g/mol. The Morgan fingerprint density at radius 3 is 2.43 bits per heavy atom. The minimum absolute atomic E-state index is 0.503. The summed E-state index contributed by atoms with van der Waals surface area (Å²) in [6.45, 7) is 3.45. The van der Waals surface area contributed by atoms with Crippen LogP contribution < -0.4 is 10.6 Å². The highest BCUT2D eigenvalue weighted by atomic mass is 15.0. The predicted octanol–water partition coefficient (Wildman–Crippen LogP) is 4.30. The van der Waals surface area contributed by atoms with Crippen LogP contribution in [0.25, 0.3) is 11.1 Å². The van der Waals surface area contributed by atoms with Crippen LogP contribution in [0.1, 0.15) is 26.2 Å². The molecule has 1 saturated heterocycles. The van der Waals surface area contributed by atoms with Gasteiger partial charge in [-0.05, 0) is 56.0 Å². The van der Waals surface area contributed by atoms with Gasteiger partial charge in [0.15, 0.2) is 0 Å². The lowest BCUT2D eigenvalue weighted by Gasteiger charge is -2.19. The summed E-state index contributed by atoms with van der Waals surface area (Å²) in [5.41, 5.74) is 3.75. The Balaban J connectivity index is 1.59. The first-order valence-corrected chi connectivity index (χ1v) is 7.97. The van der Waals surface area contributed by atoms with Crippen molar-refractivity contribution in [1.29, 1.82) is 0 Å². The Hall–Kier alpha value is -1.80. The molecule has 0 bridgehead atoms. The van der Waals surface area contributed by atoms with Crippen molar-refractivity contribution < 1.29 is 0 Å².